The standard InChI is InChI=1S/C13H19N3O/c1-10-11(4-3-5-12(10)14)8-16-7-6-15(2)13(17)9-16/h3-5H,6-9,14H2,1-2H3. The Kier molecular flexibility index (Phi) is 3.33. The second-order valence-corrected chi connectivity index (χ2v) is 4.66. The maximum Gasteiger partial charge on any atom is 0.236 e. The molecule has 1 aliphatic heterocycles. The number of amides is 1. The number of anilines is 1. The van der Waals surface area contributed by atoms with Gasteiger partial charge in [-0.25, -0.2) is 0 Å². The molecule has 1 aromatic carbocycles. The normalized spacial score (nSPS) is 17.5. The van der Waals surface area contributed by atoms with E-state index in [4.69, 9.17) is 5.73 Å². The number of benzene rings is 1. The van der Waals surface area contributed by atoms with Gasteiger partial charge >= 0.3 is 0 Å². The van der Waals surface area contributed by atoms with Crippen LogP contribution in [0.1, 0.15) is 11.1 Å². The summed E-state index contributed by atoms with van der Waals surface area (Å²) in [5.74, 6) is 0.192. The van der Waals surface area contributed by atoms with Crippen molar-refractivity contribution in [1.82, 2.24) is 9.80 Å². The van der Waals surface area contributed by atoms with Crippen molar-refractivity contribution in [1.29, 1.82) is 0 Å². The molecule has 0 bridgehead atoms. The van der Waals surface area contributed by atoms with Gasteiger partial charge in [0.15, 0.2) is 0 Å². The predicted molar refractivity (Wildman–Crippen MR) is 68.5 cm³/mol. The van der Waals surface area contributed by atoms with Crippen LogP contribution in [-0.2, 0) is 11.3 Å². The van der Waals surface area contributed by atoms with E-state index in [2.05, 4.69) is 11.0 Å². The lowest BCUT2D eigenvalue weighted by Crippen LogP contribution is -2.48. The average Bonchev–Trinajstić information content (AvgIpc) is 2.30. The monoisotopic (exact) mass is 233 g/mol. The second-order valence-electron chi connectivity index (χ2n) is 4.66. The van der Waals surface area contributed by atoms with Gasteiger partial charge in [-0.1, -0.05) is 12.1 Å². The molecular formula is C13H19N3O. The Bertz CT molecular complexity index is 431. The van der Waals surface area contributed by atoms with Crippen LogP contribution in [0.4, 0.5) is 5.69 Å². The van der Waals surface area contributed by atoms with Crippen molar-refractivity contribution in [2.75, 3.05) is 32.4 Å². The first kappa shape index (κ1) is 11.9. The van der Waals surface area contributed by atoms with Crippen molar-refractivity contribution in [2.24, 2.45) is 0 Å². The highest BCUT2D eigenvalue weighted by Crippen LogP contribution is 2.18. The van der Waals surface area contributed by atoms with Crippen molar-refractivity contribution in [3.05, 3.63) is 29.3 Å². The van der Waals surface area contributed by atoms with E-state index in [0.29, 0.717) is 6.54 Å². The Morgan fingerprint density at radius 3 is 2.82 bits per heavy atom. The van der Waals surface area contributed by atoms with Gasteiger partial charge in [0.2, 0.25) is 5.91 Å². The molecule has 17 heavy (non-hydrogen) atoms. The van der Waals surface area contributed by atoms with Crippen molar-refractivity contribution in [3.63, 3.8) is 0 Å². The summed E-state index contributed by atoms with van der Waals surface area (Å²) in [5.41, 5.74) is 9.04. The van der Waals surface area contributed by atoms with E-state index in [-0.39, 0.29) is 5.91 Å². The molecule has 4 nitrogen and oxygen atoms in total. The number of carbonyl (C=O) groups excluding carboxylic acids is 1. The highest BCUT2D eigenvalue weighted by molar-refractivity contribution is 5.78. The van der Waals surface area contributed by atoms with Crippen molar-refractivity contribution in [3.8, 4) is 0 Å². The number of piperazine rings is 1. The van der Waals surface area contributed by atoms with E-state index < -0.39 is 0 Å². The maximum atomic E-state index is 11.6. The van der Waals surface area contributed by atoms with Crippen LogP contribution in [-0.4, -0.2) is 42.4 Å². The molecule has 4 heteroatoms. The minimum atomic E-state index is 0.192. The van der Waals surface area contributed by atoms with E-state index >= 15 is 0 Å². The summed E-state index contributed by atoms with van der Waals surface area (Å²) in [6.45, 7) is 5.07. The number of nitrogen functional groups attached to an aromatic ring is 1. The van der Waals surface area contributed by atoms with Gasteiger partial charge in [-0.2, -0.15) is 0 Å². The van der Waals surface area contributed by atoms with Gasteiger partial charge in [-0.05, 0) is 24.1 Å². The Hall–Kier alpha value is -1.55. The van der Waals surface area contributed by atoms with Crippen LogP contribution in [0.25, 0.3) is 0 Å². The molecule has 1 amide bonds. The molecule has 0 unspecified atom stereocenters. The van der Waals surface area contributed by atoms with Gasteiger partial charge < -0.3 is 10.6 Å². The minimum absolute atomic E-state index is 0.192. The molecule has 1 heterocycles. The van der Waals surface area contributed by atoms with Crippen LogP contribution < -0.4 is 5.73 Å². The molecule has 1 aromatic rings. The molecule has 0 atom stereocenters. The number of hydrogen-bond donors (Lipinski definition) is 1. The Morgan fingerprint density at radius 2 is 2.12 bits per heavy atom. The van der Waals surface area contributed by atoms with Crippen molar-refractivity contribution in [2.45, 2.75) is 13.5 Å². The van der Waals surface area contributed by atoms with Gasteiger partial charge in [0.1, 0.15) is 0 Å². The van der Waals surface area contributed by atoms with E-state index in [1.165, 1.54) is 5.56 Å². The summed E-state index contributed by atoms with van der Waals surface area (Å²) in [6.07, 6.45) is 0. The number of nitrogens with two attached hydrogens (primary N) is 1. The summed E-state index contributed by atoms with van der Waals surface area (Å²) in [4.78, 5) is 15.6. The summed E-state index contributed by atoms with van der Waals surface area (Å²) >= 11 is 0. The average molecular weight is 233 g/mol. The lowest BCUT2D eigenvalue weighted by atomic mass is 10.1. The molecule has 92 valence electrons. The summed E-state index contributed by atoms with van der Waals surface area (Å²) in [7, 11) is 1.85. The van der Waals surface area contributed by atoms with Crippen LogP contribution in [0.15, 0.2) is 18.2 Å². The van der Waals surface area contributed by atoms with Gasteiger partial charge in [-0.15, -0.1) is 0 Å². The lowest BCUT2D eigenvalue weighted by Gasteiger charge is -2.32. The van der Waals surface area contributed by atoms with E-state index in [1.807, 2.05) is 26.1 Å². The molecule has 0 aromatic heterocycles. The van der Waals surface area contributed by atoms with E-state index in [9.17, 15) is 4.79 Å². The zero-order valence-electron chi connectivity index (χ0n) is 10.4. The Balaban J connectivity index is 2.06. The number of rotatable bonds is 2. The molecule has 2 N–H and O–H groups in total. The van der Waals surface area contributed by atoms with Crippen LogP contribution in [0.2, 0.25) is 0 Å². The van der Waals surface area contributed by atoms with Crippen molar-refractivity contribution >= 4 is 11.6 Å². The zero-order valence-corrected chi connectivity index (χ0v) is 10.4. The first-order valence-electron chi connectivity index (χ1n) is 5.88. The maximum absolute atomic E-state index is 11.6. The number of carbonyl (C=O) groups is 1. The third-order valence-electron chi connectivity index (χ3n) is 3.42. The molecule has 1 fully saturated rings. The van der Waals surface area contributed by atoms with E-state index in [1.54, 1.807) is 4.90 Å². The smallest absolute Gasteiger partial charge is 0.236 e. The van der Waals surface area contributed by atoms with Crippen molar-refractivity contribution < 1.29 is 4.79 Å². The first-order chi connectivity index (χ1) is 8.08. The van der Waals surface area contributed by atoms with Gasteiger partial charge in [0.05, 0.1) is 6.54 Å². The number of hydrogen-bond acceptors (Lipinski definition) is 3. The largest absolute Gasteiger partial charge is 0.399 e. The summed E-state index contributed by atoms with van der Waals surface area (Å²) in [5, 5.41) is 0. The molecule has 0 radical (unpaired) electrons. The Labute approximate surface area is 102 Å². The van der Waals surface area contributed by atoms with Crippen LogP contribution in [0.3, 0.4) is 0 Å². The van der Waals surface area contributed by atoms with E-state index in [0.717, 1.165) is 30.9 Å². The fourth-order valence-electron chi connectivity index (χ4n) is 2.06. The molecule has 2 rings (SSSR count). The fourth-order valence-corrected chi connectivity index (χ4v) is 2.06. The summed E-state index contributed by atoms with van der Waals surface area (Å²) < 4.78 is 0. The summed E-state index contributed by atoms with van der Waals surface area (Å²) in [6, 6.07) is 5.96. The molecule has 0 spiro atoms. The zero-order chi connectivity index (χ0) is 12.4. The predicted octanol–water partition coefficient (Wildman–Crippen LogP) is 0.851. The second kappa shape index (κ2) is 4.75. The molecule has 1 aliphatic rings. The van der Waals surface area contributed by atoms with Crippen LogP contribution in [0.5, 0.6) is 0 Å². The quantitative estimate of drug-likeness (QED) is 0.770. The topological polar surface area (TPSA) is 49.6 Å². The lowest BCUT2D eigenvalue weighted by molar-refractivity contribution is -0.134. The van der Waals surface area contributed by atoms with Gasteiger partial charge in [0.25, 0.3) is 0 Å². The SMILES string of the molecule is Cc1c(N)cccc1CN1CCN(C)C(=O)C1. The third-order valence-corrected chi connectivity index (χ3v) is 3.42. The number of nitrogens with zero attached hydrogens (tertiary/aromatic N) is 2. The Morgan fingerprint density at radius 1 is 1.35 bits per heavy atom. The molecule has 1 saturated heterocycles. The van der Waals surface area contributed by atoms with Gasteiger partial charge in [0, 0.05) is 32.4 Å². The van der Waals surface area contributed by atoms with Crippen LogP contribution in [0, 0.1) is 6.92 Å². The molecule has 0 aliphatic carbocycles. The third kappa shape index (κ3) is 2.58. The highest BCUT2D eigenvalue weighted by atomic mass is 16.2. The fraction of sp³-hybridized carbons (Fsp3) is 0.462. The van der Waals surface area contributed by atoms with Crippen LogP contribution >= 0.6 is 0 Å². The van der Waals surface area contributed by atoms with Gasteiger partial charge in [-0.3, -0.25) is 9.69 Å². The molecule has 0 saturated carbocycles. The minimum Gasteiger partial charge on any atom is -0.399 e. The first-order valence-corrected chi connectivity index (χ1v) is 5.88. The molecular weight excluding hydrogens is 214 g/mol. The highest BCUT2D eigenvalue weighted by Gasteiger charge is 2.21. The number of likely N-dealkylation sites (N-methyl/N-ethyl adjacent to an activating group) is 1.